The number of β-amino-alcohol motifs (C(OH)–C–C–N with tert-alkyl or cyclic N) is 1. The first kappa shape index (κ1) is 11.4. The maximum absolute atomic E-state index is 10.3. The van der Waals surface area contributed by atoms with Gasteiger partial charge in [-0.1, -0.05) is 26.7 Å². The Morgan fingerprint density at radius 3 is 2.07 bits per heavy atom. The quantitative estimate of drug-likeness (QED) is 0.772. The molecule has 0 aromatic carbocycles. The first-order valence-corrected chi connectivity index (χ1v) is 6.56. The van der Waals surface area contributed by atoms with Crippen LogP contribution in [0.1, 0.15) is 52.4 Å². The van der Waals surface area contributed by atoms with Gasteiger partial charge in [-0.25, -0.2) is 0 Å². The third-order valence-corrected chi connectivity index (χ3v) is 4.67. The van der Waals surface area contributed by atoms with Crippen LogP contribution in [-0.2, 0) is 0 Å². The van der Waals surface area contributed by atoms with E-state index in [0.717, 1.165) is 19.4 Å². The molecule has 0 bridgehead atoms. The molecular formula is C13H25NO. The molecule has 88 valence electrons. The molecule has 15 heavy (non-hydrogen) atoms. The molecule has 0 radical (unpaired) electrons. The summed E-state index contributed by atoms with van der Waals surface area (Å²) in [7, 11) is 0. The van der Waals surface area contributed by atoms with Gasteiger partial charge < -0.3 is 5.11 Å². The van der Waals surface area contributed by atoms with Crippen molar-refractivity contribution in [1.29, 1.82) is 0 Å². The minimum Gasteiger partial charge on any atom is -0.389 e. The van der Waals surface area contributed by atoms with Gasteiger partial charge in [0.15, 0.2) is 0 Å². The van der Waals surface area contributed by atoms with Crippen LogP contribution in [-0.4, -0.2) is 35.2 Å². The molecule has 2 aliphatic rings. The SMILES string of the molecule is CCC1(CC)CN(CC2(O)CCCC2)C1. The molecule has 2 nitrogen and oxygen atoms in total. The molecule has 0 atom stereocenters. The van der Waals surface area contributed by atoms with Gasteiger partial charge in [0.05, 0.1) is 5.60 Å². The Balaban J connectivity index is 1.80. The summed E-state index contributed by atoms with van der Waals surface area (Å²) < 4.78 is 0. The Labute approximate surface area is 93.7 Å². The molecule has 2 heteroatoms. The van der Waals surface area contributed by atoms with Crippen molar-refractivity contribution >= 4 is 0 Å². The summed E-state index contributed by atoms with van der Waals surface area (Å²) in [5, 5.41) is 10.3. The number of aliphatic hydroxyl groups is 1. The fourth-order valence-electron chi connectivity index (χ4n) is 3.32. The maximum atomic E-state index is 10.3. The molecule has 1 heterocycles. The molecular weight excluding hydrogens is 186 g/mol. The van der Waals surface area contributed by atoms with Gasteiger partial charge in [-0.15, -0.1) is 0 Å². The van der Waals surface area contributed by atoms with Gasteiger partial charge >= 0.3 is 0 Å². The molecule has 1 aliphatic heterocycles. The Bertz CT molecular complexity index is 209. The predicted octanol–water partition coefficient (Wildman–Crippen LogP) is 2.41. The second-order valence-electron chi connectivity index (χ2n) is 5.78. The van der Waals surface area contributed by atoms with Crippen molar-refractivity contribution in [3.8, 4) is 0 Å². The van der Waals surface area contributed by atoms with Crippen LogP contribution in [0.2, 0.25) is 0 Å². The molecule has 0 aromatic rings. The fourth-order valence-corrected chi connectivity index (χ4v) is 3.32. The Hall–Kier alpha value is -0.0800. The largest absolute Gasteiger partial charge is 0.389 e. The van der Waals surface area contributed by atoms with Gasteiger partial charge in [-0.05, 0) is 31.1 Å². The summed E-state index contributed by atoms with van der Waals surface area (Å²) in [5.74, 6) is 0. The lowest BCUT2D eigenvalue weighted by molar-refractivity contribution is -0.0685. The topological polar surface area (TPSA) is 23.5 Å². The average Bonchev–Trinajstić information content (AvgIpc) is 2.58. The highest BCUT2D eigenvalue weighted by Crippen LogP contribution is 2.39. The van der Waals surface area contributed by atoms with Crippen LogP contribution in [0.3, 0.4) is 0 Å². The smallest absolute Gasteiger partial charge is 0.0774 e. The van der Waals surface area contributed by atoms with Gasteiger partial charge in [0, 0.05) is 19.6 Å². The van der Waals surface area contributed by atoms with Gasteiger partial charge in [0.2, 0.25) is 0 Å². The third kappa shape index (κ3) is 2.21. The van der Waals surface area contributed by atoms with E-state index in [0.29, 0.717) is 5.41 Å². The van der Waals surface area contributed by atoms with Crippen molar-refractivity contribution in [2.24, 2.45) is 5.41 Å². The Morgan fingerprint density at radius 2 is 1.60 bits per heavy atom. The summed E-state index contributed by atoms with van der Waals surface area (Å²) in [5.41, 5.74) is 0.239. The maximum Gasteiger partial charge on any atom is 0.0774 e. The lowest BCUT2D eigenvalue weighted by Crippen LogP contribution is -2.59. The highest BCUT2D eigenvalue weighted by Gasteiger charge is 2.43. The van der Waals surface area contributed by atoms with Crippen molar-refractivity contribution < 1.29 is 5.11 Å². The normalized spacial score (nSPS) is 29.0. The fraction of sp³-hybridized carbons (Fsp3) is 1.00. The van der Waals surface area contributed by atoms with Crippen LogP contribution < -0.4 is 0 Å². The lowest BCUT2D eigenvalue weighted by Gasteiger charge is -2.51. The van der Waals surface area contributed by atoms with E-state index in [4.69, 9.17) is 0 Å². The number of hydrogen-bond acceptors (Lipinski definition) is 2. The van der Waals surface area contributed by atoms with Crippen LogP contribution in [0.25, 0.3) is 0 Å². The van der Waals surface area contributed by atoms with E-state index in [1.807, 2.05) is 0 Å². The molecule has 0 unspecified atom stereocenters. The first-order valence-electron chi connectivity index (χ1n) is 6.56. The average molecular weight is 211 g/mol. The second kappa shape index (κ2) is 4.06. The van der Waals surface area contributed by atoms with Crippen LogP contribution >= 0.6 is 0 Å². The van der Waals surface area contributed by atoms with E-state index in [-0.39, 0.29) is 5.60 Å². The number of rotatable bonds is 4. The van der Waals surface area contributed by atoms with E-state index in [1.165, 1.54) is 38.8 Å². The van der Waals surface area contributed by atoms with E-state index < -0.39 is 0 Å². The van der Waals surface area contributed by atoms with Crippen molar-refractivity contribution in [3.05, 3.63) is 0 Å². The molecule has 1 aliphatic carbocycles. The van der Waals surface area contributed by atoms with E-state index >= 15 is 0 Å². The Kier molecular flexibility index (Phi) is 3.09. The van der Waals surface area contributed by atoms with Crippen molar-refractivity contribution in [1.82, 2.24) is 4.90 Å². The van der Waals surface area contributed by atoms with Crippen LogP contribution in [0.4, 0.5) is 0 Å². The highest BCUT2D eigenvalue weighted by molar-refractivity contribution is 4.97. The highest BCUT2D eigenvalue weighted by atomic mass is 16.3. The van der Waals surface area contributed by atoms with Gasteiger partial charge in [-0.3, -0.25) is 4.90 Å². The zero-order chi connectivity index (χ0) is 10.9. The summed E-state index contributed by atoms with van der Waals surface area (Å²) in [6.07, 6.45) is 7.06. The third-order valence-electron chi connectivity index (χ3n) is 4.67. The summed E-state index contributed by atoms with van der Waals surface area (Å²) in [6, 6.07) is 0. The molecule has 2 fully saturated rings. The molecule has 0 spiro atoms. The van der Waals surface area contributed by atoms with Crippen LogP contribution in [0.15, 0.2) is 0 Å². The van der Waals surface area contributed by atoms with Gasteiger partial charge in [-0.2, -0.15) is 0 Å². The zero-order valence-electron chi connectivity index (χ0n) is 10.3. The number of likely N-dealkylation sites (tertiary alicyclic amines) is 1. The summed E-state index contributed by atoms with van der Waals surface area (Å²) >= 11 is 0. The molecule has 2 rings (SSSR count). The van der Waals surface area contributed by atoms with E-state index in [2.05, 4.69) is 18.7 Å². The van der Waals surface area contributed by atoms with Crippen molar-refractivity contribution in [2.45, 2.75) is 58.0 Å². The van der Waals surface area contributed by atoms with Crippen molar-refractivity contribution in [2.75, 3.05) is 19.6 Å². The number of hydrogen-bond donors (Lipinski definition) is 1. The number of nitrogens with zero attached hydrogens (tertiary/aromatic N) is 1. The Morgan fingerprint density at radius 1 is 1.07 bits per heavy atom. The molecule has 0 amide bonds. The van der Waals surface area contributed by atoms with Crippen LogP contribution in [0.5, 0.6) is 0 Å². The summed E-state index contributed by atoms with van der Waals surface area (Å²) in [6.45, 7) is 7.94. The standard InChI is InChI=1S/C13H25NO/c1-3-12(4-2)9-14(10-12)11-13(15)7-5-6-8-13/h15H,3-11H2,1-2H3. The molecule has 1 saturated heterocycles. The van der Waals surface area contributed by atoms with Crippen LogP contribution in [0, 0.1) is 5.41 Å². The first-order chi connectivity index (χ1) is 7.11. The molecule has 0 aromatic heterocycles. The molecule has 1 N–H and O–H groups in total. The zero-order valence-corrected chi connectivity index (χ0v) is 10.3. The molecule has 1 saturated carbocycles. The van der Waals surface area contributed by atoms with Gasteiger partial charge in [0.25, 0.3) is 0 Å². The minimum absolute atomic E-state index is 0.340. The van der Waals surface area contributed by atoms with E-state index in [9.17, 15) is 5.11 Å². The lowest BCUT2D eigenvalue weighted by atomic mass is 9.74. The van der Waals surface area contributed by atoms with Gasteiger partial charge in [0.1, 0.15) is 0 Å². The van der Waals surface area contributed by atoms with Crippen molar-refractivity contribution in [3.63, 3.8) is 0 Å². The predicted molar refractivity (Wildman–Crippen MR) is 62.9 cm³/mol. The minimum atomic E-state index is -0.340. The van der Waals surface area contributed by atoms with E-state index in [1.54, 1.807) is 0 Å². The summed E-state index contributed by atoms with van der Waals surface area (Å²) in [4.78, 5) is 2.46. The second-order valence-corrected chi connectivity index (χ2v) is 5.78. The monoisotopic (exact) mass is 211 g/mol.